The van der Waals surface area contributed by atoms with Crippen LogP contribution in [0.1, 0.15) is 22.9 Å². The van der Waals surface area contributed by atoms with Crippen molar-refractivity contribution in [1.29, 1.82) is 0 Å². The normalized spacial score (nSPS) is 12.7. The summed E-state index contributed by atoms with van der Waals surface area (Å²) in [5.74, 6) is 0.958. The van der Waals surface area contributed by atoms with Gasteiger partial charge in [0.2, 0.25) is 0 Å². The molecule has 2 nitrogen and oxygen atoms in total. The van der Waals surface area contributed by atoms with Crippen LogP contribution in [0.15, 0.2) is 57.8 Å². The molecule has 0 spiro atoms. The number of furan rings is 1. The molecule has 0 bridgehead atoms. The summed E-state index contributed by atoms with van der Waals surface area (Å²) in [4.78, 5) is 1.27. The third-order valence-electron chi connectivity index (χ3n) is 3.71. The van der Waals surface area contributed by atoms with E-state index in [1.807, 2.05) is 13.1 Å². The molecule has 0 aliphatic carbocycles. The van der Waals surface area contributed by atoms with Gasteiger partial charge < -0.3 is 9.73 Å². The van der Waals surface area contributed by atoms with Crippen LogP contribution in [0.25, 0.3) is 11.0 Å². The van der Waals surface area contributed by atoms with Gasteiger partial charge in [-0.1, -0.05) is 29.8 Å². The second kappa shape index (κ2) is 5.96. The highest BCUT2D eigenvalue weighted by Gasteiger charge is 2.19. The second-order valence-corrected chi connectivity index (χ2v) is 6.00. The van der Waals surface area contributed by atoms with E-state index in [-0.39, 0.29) is 6.04 Å². The van der Waals surface area contributed by atoms with Gasteiger partial charge in [-0.15, -0.1) is 11.8 Å². The molecule has 21 heavy (non-hydrogen) atoms. The number of hydrogen-bond donors (Lipinski definition) is 1. The van der Waals surface area contributed by atoms with Crippen molar-refractivity contribution >= 4 is 22.7 Å². The lowest BCUT2D eigenvalue weighted by Crippen LogP contribution is -2.17. The van der Waals surface area contributed by atoms with Crippen LogP contribution in [0.2, 0.25) is 0 Å². The topological polar surface area (TPSA) is 25.2 Å². The lowest BCUT2D eigenvalue weighted by molar-refractivity contribution is 0.488. The molecule has 0 radical (unpaired) electrons. The van der Waals surface area contributed by atoms with Gasteiger partial charge in [0.1, 0.15) is 11.3 Å². The summed E-state index contributed by atoms with van der Waals surface area (Å²) in [5.41, 5.74) is 3.45. The minimum atomic E-state index is 0.0707. The molecule has 3 rings (SSSR count). The highest BCUT2D eigenvalue weighted by Crippen LogP contribution is 2.33. The Bertz CT molecular complexity index is 763. The summed E-state index contributed by atoms with van der Waals surface area (Å²) < 4.78 is 6.06. The van der Waals surface area contributed by atoms with Gasteiger partial charge in [0.25, 0.3) is 0 Å². The molecule has 0 aliphatic heterocycles. The van der Waals surface area contributed by atoms with Gasteiger partial charge >= 0.3 is 0 Å². The zero-order chi connectivity index (χ0) is 14.8. The largest absolute Gasteiger partial charge is 0.459 e. The molecule has 1 unspecified atom stereocenters. The summed E-state index contributed by atoms with van der Waals surface area (Å²) >= 11 is 1.76. The van der Waals surface area contributed by atoms with Gasteiger partial charge in [0.05, 0.1) is 6.04 Å². The minimum absolute atomic E-state index is 0.0707. The maximum atomic E-state index is 6.06. The van der Waals surface area contributed by atoms with Gasteiger partial charge in [-0.3, -0.25) is 0 Å². The molecule has 0 fully saturated rings. The molecule has 0 saturated carbocycles. The van der Waals surface area contributed by atoms with E-state index in [4.69, 9.17) is 4.42 Å². The molecule has 2 aromatic carbocycles. The van der Waals surface area contributed by atoms with Gasteiger partial charge in [-0.2, -0.15) is 0 Å². The van der Waals surface area contributed by atoms with Crippen LogP contribution in [-0.2, 0) is 0 Å². The molecule has 3 heteroatoms. The highest BCUT2D eigenvalue weighted by molar-refractivity contribution is 7.98. The molecular formula is C18H19NOS. The number of thioether (sulfide) groups is 1. The third kappa shape index (κ3) is 2.71. The van der Waals surface area contributed by atoms with Gasteiger partial charge in [0, 0.05) is 10.3 Å². The van der Waals surface area contributed by atoms with E-state index in [9.17, 15) is 0 Å². The number of benzene rings is 2. The maximum Gasteiger partial charge on any atom is 0.134 e. The number of aryl methyl sites for hydroxylation is 1. The fourth-order valence-electron chi connectivity index (χ4n) is 2.68. The molecule has 0 aliphatic rings. The molecule has 0 saturated heterocycles. The van der Waals surface area contributed by atoms with Crippen LogP contribution < -0.4 is 5.32 Å². The highest BCUT2D eigenvalue weighted by atomic mass is 32.2. The smallest absolute Gasteiger partial charge is 0.134 e. The number of hydrogen-bond acceptors (Lipinski definition) is 3. The van der Waals surface area contributed by atoms with E-state index in [1.54, 1.807) is 11.8 Å². The molecule has 0 amide bonds. The Morgan fingerprint density at radius 1 is 1.10 bits per heavy atom. The zero-order valence-electron chi connectivity index (χ0n) is 12.5. The van der Waals surface area contributed by atoms with Crippen LogP contribution in [0.5, 0.6) is 0 Å². The van der Waals surface area contributed by atoms with E-state index in [0.717, 1.165) is 16.7 Å². The van der Waals surface area contributed by atoms with Crippen molar-refractivity contribution in [3.8, 4) is 0 Å². The average molecular weight is 297 g/mol. The van der Waals surface area contributed by atoms with Gasteiger partial charge in [-0.25, -0.2) is 0 Å². The molecular weight excluding hydrogens is 278 g/mol. The Hall–Kier alpha value is -1.71. The lowest BCUT2D eigenvalue weighted by Gasteiger charge is -2.17. The zero-order valence-corrected chi connectivity index (χ0v) is 13.3. The van der Waals surface area contributed by atoms with E-state index in [0.29, 0.717) is 0 Å². The Labute approximate surface area is 129 Å². The summed E-state index contributed by atoms with van der Waals surface area (Å²) in [7, 11) is 1.97. The average Bonchev–Trinajstić information content (AvgIpc) is 2.91. The van der Waals surface area contributed by atoms with E-state index < -0.39 is 0 Å². The molecule has 1 atom stereocenters. The molecule has 1 N–H and O–H groups in total. The van der Waals surface area contributed by atoms with Crippen LogP contribution in [-0.4, -0.2) is 13.3 Å². The van der Waals surface area contributed by atoms with Crippen molar-refractivity contribution < 1.29 is 4.42 Å². The predicted molar refractivity (Wildman–Crippen MR) is 90.1 cm³/mol. The van der Waals surface area contributed by atoms with Gasteiger partial charge in [-0.05, 0) is 50.1 Å². The van der Waals surface area contributed by atoms with Crippen LogP contribution in [0.4, 0.5) is 0 Å². The van der Waals surface area contributed by atoms with Crippen molar-refractivity contribution in [2.45, 2.75) is 17.9 Å². The fraction of sp³-hybridized carbons (Fsp3) is 0.222. The number of nitrogens with one attached hydrogen (secondary N) is 1. The summed E-state index contributed by atoms with van der Waals surface area (Å²) in [6.07, 6.45) is 2.10. The first-order valence-corrected chi connectivity index (χ1v) is 8.25. The summed E-state index contributed by atoms with van der Waals surface area (Å²) in [6.45, 7) is 2.10. The van der Waals surface area contributed by atoms with Crippen LogP contribution in [0, 0.1) is 6.92 Å². The van der Waals surface area contributed by atoms with Crippen molar-refractivity contribution in [2.24, 2.45) is 0 Å². The molecule has 1 heterocycles. The second-order valence-electron chi connectivity index (χ2n) is 5.15. The Morgan fingerprint density at radius 2 is 1.90 bits per heavy atom. The Kier molecular flexibility index (Phi) is 4.04. The molecule has 108 valence electrons. The van der Waals surface area contributed by atoms with Gasteiger partial charge in [0.15, 0.2) is 0 Å². The SMILES string of the molecule is CNC(c1cc2cc(C)ccc2o1)c1ccccc1SC. The van der Waals surface area contributed by atoms with E-state index in [2.05, 4.69) is 61.0 Å². The first kappa shape index (κ1) is 14.2. The minimum Gasteiger partial charge on any atom is -0.459 e. The number of rotatable bonds is 4. The van der Waals surface area contributed by atoms with E-state index >= 15 is 0 Å². The fourth-order valence-corrected chi connectivity index (χ4v) is 3.32. The summed E-state index contributed by atoms with van der Waals surface area (Å²) in [5, 5.41) is 4.54. The molecule has 3 aromatic rings. The third-order valence-corrected chi connectivity index (χ3v) is 4.53. The van der Waals surface area contributed by atoms with Crippen molar-refractivity contribution in [2.75, 3.05) is 13.3 Å². The van der Waals surface area contributed by atoms with Crippen molar-refractivity contribution in [3.05, 3.63) is 65.4 Å². The van der Waals surface area contributed by atoms with Crippen molar-refractivity contribution in [1.82, 2.24) is 5.32 Å². The summed E-state index contributed by atoms with van der Waals surface area (Å²) in [6, 6.07) is 17.0. The van der Waals surface area contributed by atoms with E-state index in [1.165, 1.54) is 16.0 Å². The Morgan fingerprint density at radius 3 is 2.67 bits per heavy atom. The van der Waals surface area contributed by atoms with Crippen LogP contribution >= 0.6 is 11.8 Å². The maximum absolute atomic E-state index is 6.06. The quantitative estimate of drug-likeness (QED) is 0.702. The monoisotopic (exact) mass is 297 g/mol. The standard InChI is InChI=1S/C18H19NOS/c1-12-8-9-15-13(10-12)11-16(20-15)18(19-2)14-6-4-5-7-17(14)21-3/h4-11,18-19H,1-3H3. The van der Waals surface area contributed by atoms with Crippen LogP contribution in [0.3, 0.4) is 0 Å². The first-order chi connectivity index (χ1) is 10.2. The first-order valence-electron chi connectivity index (χ1n) is 7.03. The van der Waals surface area contributed by atoms with Crippen molar-refractivity contribution in [3.63, 3.8) is 0 Å². The predicted octanol–water partition coefficient (Wildman–Crippen LogP) is 4.77. The molecule has 1 aromatic heterocycles. The Balaban J connectivity index is 2.09. The number of fused-ring (bicyclic) bond motifs is 1. The lowest BCUT2D eigenvalue weighted by atomic mass is 10.0.